The minimum Gasteiger partial charge on any atom is -0.481 e. The van der Waals surface area contributed by atoms with Crippen molar-refractivity contribution in [2.24, 2.45) is 5.92 Å². The summed E-state index contributed by atoms with van der Waals surface area (Å²) >= 11 is 1.69. The maximum atomic E-state index is 12.7. The first-order valence-electron chi connectivity index (χ1n) is 12.3. The molecule has 0 unspecified atom stereocenters. The van der Waals surface area contributed by atoms with Crippen LogP contribution < -0.4 is 0 Å². The molecule has 1 N–H and O–H groups in total. The van der Waals surface area contributed by atoms with Crippen LogP contribution in [-0.4, -0.2) is 46.8 Å². The Morgan fingerprint density at radius 2 is 1.66 bits per heavy atom. The van der Waals surface area contributed by atoms with Crippen LogP contribution in [0.5, 0.6) is 0 Å². The average Bonchev–Trinajstić information content (AvgIpc) is 2.85. The lowest BCUT2D eigenvalue weighted by atomic mass is 9.85. The predicted octanol–water partition coefficient (Wildman–Crippen LogP) is 5.29. The van der Waals surface area contributed by atoms with Gasteiger partial charge < -0.3 is 14.7 Å². The highest BCUT2D eigenvalue weighted by Gasteiger charge is 2.28. The molecule has 7 heteroatoms. The standard InChI is InChI=1S/C28H33NO5S/c1-35-26-10-5-19(6-11-26)15-24(30)16-21-2-7-23-18-29(13-12-22(23)14-21)28(33)34-25-8-3-20(4-9-25)17-27(31)32/h2,5-7,10-11,14,20,25H,3-4,8-9,12-13,15-18H2,1H3,(H,31,32). The Hall–Kier alpha value is -2.80. The molecule has 1 aliphatic heterocycles. The summed E-state index contributed by atoms with van der Waals surface area (Å²) in [6.45, 7) is 1.11. The summed E-state index contributed by atoms with van der Waals surface area (Å²) in [7, 11) is 0. The Balaban J connectivity index is 1.26. The molecule has 1 amide bonds. The lowest BCUT2D eigenvalue weighted by Crippen LogP contribution is -2.39. The third kappa shape index (κ3) is 7.10. The molecule has 0 saturated heterocycles. The number of ketones is 1. The van der Waals surface area contributed by atoms with E-state index in [2.05, 4.69) is 6.07 Å². The molecule has 0 spiro atoms. The maximum Gasteiger partial charge on any atom is 0.410 e. The van der Waals surface area contributed by atoms with Gasteiger partial charge >= 0.3 is 12.1 Å². The molecule has 0 radical (unpaired) electrons. The average molecular weight is 496 g/mol. The smallest absolute Gasteiger partial charge is 0.410 e. The number of fused-ring (bicyclic) bond motifs is 1. The Bertz CT molecular complexity index is 1060. The molecule has 186 valence electrons. The van der Waals surface area contributed by atoms with Gasteiger partial charge in [-0.3, -0.25) is 9.59 Å². The quantitative estimate of drug-likeness (QED) is 0.501. The van der Waals surface area contributed by atoms with E-state index < -0.39 is 5.97 Å². The number of aliphatic carboxylic acids is 1. The molecule has 1 aliphatic carbocycles. The van der Waals surface area contributed by atoms with E-state index in [1.54, 1.807) is 16.7 Å². The summed E-state index contributed by atoms with van der Waals surface area (Å²) in [5, 5.41) is 8.95. The van der Waals surface area contributed by atoms with Gasteiger partial charge in [0.25, 0.3) is 0 Å². The van der Waals surface area contributed by atoms with Gasteiger partial charge in [-0.1, -0.05) is 30.3 Å². The third-order valence-electron chi connectivity index (χ3n) is 7.03. The molecular weight excluding hydrogens is 462 g/mol. The molecule has 4 rings (SSSR count). The van der Waals surface area contributed by atoms with Gasteiger partial charge in [0.15, 0.2) is 0 Å². The van der Waals surface area contributed by atoms with Gasteiger partial charge in [-0.05, 0) is 78.7 Å². The number of hydrogen-bond donors (Lipinski definition) is 1. The highest BCUT2D eigenvalue weighted by molar-refractivity contribution is 7.98. The first kappa shape index (κ1) is 25.3. The number of amides is 1. The molecular formula is C28H33NO5S. The van der Waals surface area contributed by atoms with E-state index in [0.717, 1.165) is 48.8 Å². The molecule has 0 aromatic heterocycles. The Morgan fingerprint density at radius 1 is 0.971 bits per heavy atom. The van der Waals surface area contributed by atoms with Gasteiger partial charge in [0, 0.05) is 37.2 Å². The lowest BCUT2D eigenvalue weighted by Gasteiger charge is -2.32. The first-order chi connectivity index (χ1) is 16.9. The number of Topliss-reactive ketones (excluding diaryl/α,β-unsaturated/α-hetero) is 1. The van der Waals surface area contributed by atoms with Crippen molar-refractivity contribution in [2.75, 3.05) is 12.8 Å². The molecule has 1 heterocycles. The molecule has 0 bridgehead atoms. The van der Waals surface area contributed by atoms with Crippen molar-refractivity contribution in [3.63, 3.8) is 0 Å². The summed E-state index contributed by atoms with van der Waals surface area (Å²) in [6, 6.07) is 14.3. The van der Waals surface area contributed by atoms with Crippen LogP contribution in [0.2, 0.25) is 0 Å². The minimum absolute atomic E-state index is 0.126. The molecule has 35 heavy (non-hydrogen) atoms. The van der Waals surface area contributed by atoms with Crippen LogP contribution >= 0.6 is 11.8 Å². The predicted molar refractivity (Wildman–Crippen MR) is 136 cm³/mol. The Kier molecular flexibility index (Phi) is 8.50. The summed E-state index contributed by atoms with van der Waals surface area (Å²) in [5.41, 5.74) is 4.35. The van der Waals surface area contributed by atoms with Gasteiger partial charge in [0.05, 0.1) is 0 Å². The zero-order chi connectivity index (χ0) is 24.8. The van der Waals surface area contributed by atoms with Crippen molar-refractivity contribution in [3.8, 4) is 0 Å². The zero-order valence-corrected chi connectivity index (χ0v) is 21.0. The van der Waals surface area contributed by atoms with Crippen LogP contribution in [0.1, 0.15) is 54.4 Å². The van der Waals surface area contributed by atoms with E-state index in [1.807, 2.05) is 42.7 Å². The third-order valence-corrected chi connectivity index (χ3v) is 7.77. The van der Waals surface area contributed by atoms with Crippen molar-refractivity contribution < 1.29 is 24.2 Å². The number of carboxylic acid groups (broad SMARTS) is 1. The second kappa shape index (κ2) is 11.8. The molecule has 2 aliphatic rings. The van der Waals surface area contributed by atoms with Crippen molar-refractivity contribution in [1.82, 2.24) is 4.90 Å². The number of ether oxygens (including phenoxy) is 1. The topological polar surface area (TPSA) is 83.9 Å². The zero-order valence-electron chi connectivity index (χ0n) is 20.2. The van der Waals surface area contributed by atoms with Crippen molar-refractivity contribution >= 4 is 29.6 Å². The largest absolute Gasteiger partial charge is 0.481 e. The van der Waals surface area contributed by atoms with Crippen LogP contribution in [0.3, 0.4) is 0 Å². The fourth-order valence-electron chi connectivity index (χ4n) is 5.05. The van der Waals surface area contributed by atoms with E-state index in [0.29, 0.717) is 25.9 Å². The molecule has 6 nitrogen and oxygen atoms in total. The second-order valence-electron chi connectivity index (χ2n) is 9.64. The highest BCUT2D eigenvalue weighted by Crippen LogP contribution is 2.29. The van der Waals surface area contributed by atoms with Crippen LogP contribution in [0.4, 0.5) is 4.79 Å². The van der Waals surface area contributed by atoms with E-state index in [9.17, 15) is 14.4 Å². The lowest BCUT2D eigenvalue weighted by molar-refractivity contribution is -0.138. The van der Waals surface area contributed by atoms with Gasteiger partial charge in [0.1, 0.15) is 11.9 Å². The van der Waals surface area contributed by atoms with E-state index in [4.69, 9.17) is 9.84 Å². The Labute approximate surface area is 211 Å². The van der Waals surface area contributed by atoms with Crippen molar-refractivity contribution in [2.45, 2.75) is 68.9 Å². The molecule has 2 aromatic carbocycles. The van der Waals surface area contributed by atoms with Crippen molar-refractivity contribution in [3.05, 3.63) is 64.7 Å². The van der Waals surface area contributed by atoms with Crippen LogP contribution in [0.15, 0.2) is 47.4 Å². The number of carboxylic acids is 1. The minimum atomic E-state index is -0.758. The second-order valence-corrected chi connectivity index (χ2v) is 10.5. The van der Waals surface area contributed by atoms with Gasteiger partial charge in [-0.25, -0.2) is 4.79 Å². The number of benzene rings is 2. The number of thioether (sulfide) groups is 1. The summed E-state index contributed by atoms with van der Waals surface area (Å²) in [4.78, 5) is 39.2. The van der Waals surface area contributed by atoms with Gasteiger partial charge in [0.2, 0.25) is 0 Å². The van der Waals surface area contributed by atoms with Crippen LogP contribution in [-0.2, 0) is 40.1 Å². The number of carbonyl (C=O) groups is 3. The molecule has 1 saturated carbocycles. The van der Waals surface area contributed by atoms with Crippen molar-refractivity contribution in [1.29, 1.82) is 0 Å². The number of hydrogen-bond acceptors (Lipinski definition) is 5. The van der Waals surface area contributed by atoms with Gasteiger partial charge in [-0.15, -0.1) is 11.8 Å². The van der Waals surface area contributed by atoms with E-state index >= 15 is 0 Å². The fourth-order valence-corrected chi connectivity index (χ4v) is 5.46. The first-order valence-corrected chi connectivity index (χ1v) is 13.5. The number of carbonyl (C=O) groups excluding carboxylic acids is 2. The van der Waals surface area contributed by atoms with Crippen LogP contribution in [0.25, 0.3) is 0 Å². The summed E-state index contributed by atoms with van der Waals surface area (Å²) < 4.78 is 5.74. The van der Waals surface area contributed by atoms with E-state index in [1.165, 1.54) is 10.5 Å². The molecule has 0 atom stereocenters. The summed E-state index contributed by atoms with van der Waals surface area (Å²) in [5.74, 6) is -0.377. The molecule has 1 fully saturated rings. The maximum absolute atomic E-state index is 12.7. The van der Waals surface area contributed by atoms with E-state index in [-0.39, 0.29) is 30.3 Å². The highest BCUT2D eigenvalue weighted by atomic mass is 32.2. The number of nitrogens with zero attached hydrogens (tertiary/aromatic N) is 1. The Morgan fingerprint density at radius 3 is 2.34 bits per heavy atom. The number of rotatable bonds is 8. The fraction of sp³-hybridized carbons (Fsp3) is 0.464. The van der Waals surface area contributed by atoms with Crippen LogP contribution in [0, 0.1) is 5.92 Å². The van der Waals surface area contributed by atoms with Gasteiger partial charge in [-0.2, -0.15) is 0 Å². The molecule has 2 aromatic rings. The SMILES string of the molecule is CSc1ccc(CC(=O)Cc2ccc3c(c2)CCN(C(=O)OC2CCC(CC(=O)O)CC2)C3)cc1. The monoisotopic (exact) mass is 495 g/mol. The normalized spacial score (nSPS) is 19.6. The summed E-state index contributed by atoms with van der Waals surface area (Å²) in [6.07, 6.45) is 6.45.